The summed E-state index contributed by atoms with van der Waals surface area (Å²) in [5, 5.41) is 3.31. The lowest BCUT2D eigenvalue weighted by Crippen LogP contribution is -2.37. The third kappa shape index (κ3) is 4.81. The fourth-order valence-electron chi connectivity index (χ4n) is 1.98. The fraction of sp³-hybridized carbons (Fsp3) is 0.600. The van der Waals surface area contributed by atoms with Crippen molar-refractivity contribution in [3.63, 3.8) is 0 Å². The van der Waals surface area contributed by atoms with Crippen LogP contribution in [0.4, 0.5) is 4.39 Å². The summed E-state index contributed by atoms with van der Waals surface area (Å²) in [5.41, 5.74) is 0.555. The molecule has 0 aliphatic rings. The Morgan fingerprint density at radius 1 is 1.20 bits per heavy atom. The van der Waals surface area contributed by atoms with Gasteiger partial charge in [0.05, 0.1) is 10.5 Å². The van der Waals surface area contributed by atoms with Crippen LogP contribution in [0.2, 0.25) is 0 Å². The molecule has 3 nitrogen and oxygen atoms in total. The van der Waals surface area contributed by atoms with Gasteiger partial charge in [0, 0.05) is 18.8 Å². The first kappa shape index (κ1) is 17.6. The third-order valence-corrected chi connectivity index (χ3v) is 3.48. The van der Waals surface area contributed by atoms with E-state index in [2.05, 4.69) is 28.2 Å². The Bertz CT molecular complexity index is 397. The Morgan fingerprint density at radius 2 is 1.85 bits per heavy atom. The topological polar surface area (TPSA) is 30.5 Å². The summed E-state index contributed by atoms with van der Waals surface area (Å²) in [4.78, 5) is 0. The number of hydrogen-bond acceptors (Lipinski definition) is 3. The number of halogens is 2. The van der Waals surface area contributed by atoms with Gasteiger partial charge in [0.15, 0.2) is 6.29 Å². The first-order valence-corrected chi connectivity index (χ1v) is 7.85. The molecule has 0 bridgehead atoms. The lowest BCUT2D eigenvalue weighted by atomic mass is 10.1. The second-order valence-electron chi connectivity index (χ2n) is 4.35. The van der Waals surface area contributed by atoms with Gasteiger partial charge in [-0.2, -0.15) is 0 Å². The molecule has 0 aliphatic heterocycles. The van der Waals surface area contributed by atoms with Crippen molar-refractivity contribution in [1.82, 2.24) is 5.32 Å². The molecule has 0 radical (unpaired) electrons. The molecule has 0 amide bonds. The number of benzene rings is 1. The molecule has 1 rings (SSSR count). The quantitative estimate of drug-likeness (QED) is 0.684. The molecule has 20 heavy (non-hydrogen) atoms. The van der Waals surface area contributed by atoms with Crippen LogP contribution in [0.3, 0.4) is 0 Å². The SMILES string of the molecule is CCCNC(c1cccc(Br)c1F)C(OCC)OCC. The van der Waals surface area contributed by atoms with Crippen LogP contribution >= 0.6 is 15.9 Å². The maximum absolute atomic E-state index is 14.3. The van der Waals surface area contributed by atoms with Crippen molar-refractivity contribution < 1.29 is 13.9 Å². The van der Waals surface area contributed by atoms with Gasteiger partial charge in [0.25, 0.3) is 0 Å². The highest BCUT2D eigenvalue weighted by molar-refractivity contribution is 9.10. The van der Waals surface area contributed by atoms with E-state index in [9.17, 15) is 4.39 Å². The number of rotatable bonds is 9. The summed E-state index contributed by atoms with van der Waals surface area (Å²) in [7, 11) is 0. The summed E-state index contributed by atoms with van der Waals surface area (Å²) in [6, 6.07) is 4.94. The first-order valence-electron chi connectivity index (χ1n) is 7.06. The molecule has 1 atom stereocenters. The van der Waals surface area contributed by atoms with E-state index in [1.165, 1.54) is 0 Å². The second kappa shape index (κ2) is 9.45. The van der Waals surface area contributed by atoms with E-state index in [1.54, 1.807) is 12.1 Å². The normalized spacial score (nSPS) is 12.9. The maximum atomic E-state index is 14.3. The van der Waals surface area contributed by atoms with E-state index in [0.717, 1.165) is 13.0 Å². The van der Waals surface area contributed by atoms with Crippen molar-refractivity contribution in [2.75, 3.05) is 19.8 Å². The van der Waals surface area contributed by atoms with Crippen molar-refractivity contribution in [2.45, 2.75) is 39.5 Å². The van der Waals surface area contributed by atoms with Gasteiger partial charge >= 0.3 is 0 Å². The molecule has 0 saturated carbocycles. The Morgan fingerprint density at radius 3 is 2.40 bits per heavy atom. The van der Waals surface area contributed by atoms with Gasteiger partial charge in [-0.1, -0.05) is 19.1 Å². The highest BCUT2D eigenvalue weighted by Gasteiger charge is 2.26. The molecular formula is C15H23BrFNO2. The number of ether oxygens (including phenoxy) is 2. The molecule has 1 aromatic carbocycles. The smallest absolute Gasteiger partial charge is 0.176 e. The van der Waals surface area contributed by atoms with E-state index in [4.69, 9.17) is 9.47 Å². The van der Waals surface area contributed by atoms with Gasteiger partial charge in [-0.25, -0.2) is 4.39 Å². The molecule has 0 saturated heterocycles. The summed E-state index contributed by atoms with van der Waals surface area (Å²) in [6.45, 7) is 7.68. The monoisotopic (exact) mass is 347 g/mol. The van der Waals surface area contributed by atoms with Crippen LogP contribution in [0.25, 0.3) is 0 Å². The van der Waals surface area contributed by atoms with Crippen LogP contribution in [-0.2, 0) is 9.47 Å². The molecule has 1 unspecified atom stereocenters. The lowest BCUT2D eigenvalue weighted by Gasteiger charge is -2.28. The van der Waals surface area contributed by atoms with E-state index < -0.39 is 6.29 Å². The van der Waals surface area contributed by atoms with Crippen LogP contribution in [0.5, 0.6) is 0 Å². The minimum Gasteiger partial charge on any atom is -0.351 e. The van der Waals surface area contributed by atoms with Crippen LogP contribution in [0.1, 0.15) is 38.8 Å². The number of hydrogen-bond donors (Lipinski definition) is 1. The molecule has 5 heteroatoms. The van der Waals surface area contributed by atoms with Crippen molar-refractivity contribution in [3.05, 3.63) is 34.1 Å². The molecule has 0 fully saturated rings. The van der Waals surface area contributed by atoms with Crippen molar-refractivity contribution in [3.8, 4) is 0 Å². The molecule has 0 aliphatic carbocycles. The van der Waals surface area contributed by atoms with E-state index in [1.807, 2.05) is 19.9 Å². The van der Waals surface area contributed by atoms with Crippen LogP contribution in [-0.4, -0.2) is 26.0 Å². The zero-order chi connectivity index (χ0) is 15.0. The summed E-state index contributed by atoms with van der Waals surface area (Å²) in [6.07, 6.45) is 0.456. The molecule has 0 aromatic heterocycles. The van der Waals surface area contributed by atoms with Gasteiger partial charge in [-0.15, -0.1) is 0 Å². The average Bonchev–Trinajstić information content (AvgIpc) is 2.44. The first-order chi connectivity index (χ1) is 9.65. The molecule has 1 N–H and O–H groups in total. The third-order valence-electron chi connectivity index (χ3n) is 2.86. The van der Waals surface area contributed by atoms with Gasteiger partial charge < -0.3 is 14.8 Å². The summed E-state index contributed by atoms with van der Waals surface area (Å²) >= 11 is 3.23. The molecule has 0 spiro atoms. The van der Waals surface area contributed by atoms with Gasteiger partial charge in [-0.3, -0.25) is 0 Å². The minimum atomic E-state index is -0.500. The Kier molecular flexibility index (Phi) is 8.30. The Hall–Kier alpha value is -0.490. The standard InChI is InChI=1S/C15H23BrFNO2/c1-4-10-18-14(15(19-5-2)20-6-3)11-8-7-9-12(16)13(11)17/h7-9,14-15,18H,4-6,10H2,1-3H3. The second-order valence-corrected chi connectivity index (χ2v) is 5.21. The molecule has 0 heterocycles. The van der Waals surface area contributed by atoms with E-state index in [0.29, 0.717) is 23.2 Å². The lowest BCUT2D eigenvalue weighted by molar-refractivity contribution is -0.155. The maximum Gasteiger partial charge on any atom is 0.176 e. The minimum absolute atomic E-state index is 0.273. The molecular weight excluding hydrogens is 325 g/mol. The summed E-state index contributed by atoms with van der Waals surface area (Å²) in [5.74, 6) is -0.273. The zero-order valence-corrected chi connectivity index (χ0v) is 13.9. The van der Waals surface area contributed by atoms with Crippen molar-refractivity contribution in [2.24, 2.45) is 0 Å². The summed E-state index contributed by atoms with van der Waals surface area (Å²) < 4.78 is 26.0. The van der Waals surface area contributed by atoms with Crippen molar-refractivity contribution in [1.29, 1.82) is 0 Å². The highest BCUT2D eigenvalue weighted by Crippen LogP contribution is 2.27. The van der Waals surface area contributed by atoms with Crippen LogP contribution < -0.4 is 5.32 Å². The molecule has 1 aromatic rings. The van der Waals surface area contributed by atoms with Gasteiger partial charge in [0.1, 0.15) is 5.82 Å². The van der Waals surface area contributed by atoms with Gasteiger partial charge in [-0.05, 0) is 48.8 Å². The van der Waals surface area contributed by atoms with Gasteiger partial charge in [0.2, 0.25) is 0 Å². The largest absolute Gasteiger partial charge is 0.351 e. The molecule has 114 valence electrons. The van der Waals surface area contributed by atoms with Crippen LogP contribution in [0, 0.1) is 5.82 Å². The highest BCUT2D eigenvalue weighted by atomic mass is 79.9. The average molecular weight is 348 g/mol. The van der Waals surface area contributed by atoms with E-state index in [-0.39, 0.29) is 11.9 Å². The zero-order valence-electron chi connectivity index (χ0n) is 12.3. The predicted molar refractivity (Wildman–Crippen MR) is 82.2 cm³/mol. The van der Waals surface area contributed by atoms with Crippen LogP contribution in [0.15, 0.2) is 22.7 Å². The van der Waals surface area contributed by atoms with Crippen molar-refractivity contribution >= 4 is 15.9 Å². The fourth-order valence-corrected chi connectivity index (χ4v) is 2.36. The Labute approximate surface area is 129 Å². The predicted octanol–water partition coefficient (Wildman–Crippen LogP) is 4.03. The number of nitrogens with one attached hydrogen (secondary N) is 1. The Balaban J connectivity index is 3.05. The van der Waals surface area contributed by atoms with E-state index >= 15 is 0 Å².